The highest BCUT2D eigenvalue weighted by atomic mass is 35.5. The number of rotatable bonds is 6. The van der Waals surface area contributed by atoms with Crippen molar-refractivity contribution in [2.45, 2.75) is 18.5 Å². The van der Waals surface area contributed by atoms with Gasteiger partial charge in [-0.2, -0.15) is 8.78 Å². The molecule has 1 rings (SSSR count). The SMILES string of the molecule is NCC(OCC(F)(F)C(F)F)c1ccc(Cl)cc1. The van der Waals surface area contributed by atoms with Gasteiger partial charge in [-0.15, -0.1) is 0 Å². The van der Waals surface area contributed by atoms with Crippen LogP contribution in [0.3, 0.4) is 0 Å². The Morgan fingerprint density at radius 2 is 1.78 bits per heavy atom. The summed E-state index contributed by atoms with van der Waals surface area (Å²) in [6, 6.07) is 6.16. The van der Waals surface area contributed by atoms with Gasteiger partial charge in [0.2, 0.25) is 0 Å². The summed E-state index contributed by atoms with van der Waals surface area (Å²) in [5, 5.41) is 0.465. The molecule has 2 N–H and O–H groups in total. The molecule has 0 heterocycles. The predicted molar refractivity (Wildman–Crippen MR) is 60.2 cm³/mol. The molecular formula is C11H12ClF4NO. The number of alkyl halides is 4. The van der Waals surface area contributed by atoms with Gasteiger partial charge in [-0.3, -0.25) is 0 Å². The maximum absolute atomic E-state index is 12.7. The van der Waals surface area contributed by atoms with Crippen molar-refractivity contribution in [2.75, 3.05) is 13.2 Å². The summed E-state index contributed by atoms with van der Waals surface area (Å²) in [6.07, 6.45) is -4.63. The lowest BCUT2D eigenvalue weighted by molar-refractivity contribution is -0.175. The van der Waals surface area contributed by atoms with Crippen LogP contribution in [-0.4, -0.2) is 25.5 Å². The summed E-state index contributed by atoms with van der Waals surface area (Å²) in [5.74, 6) is -4.18. The fourth-order valence-electron chi connectivity index (χ4n) is 1.25. The topological polar surface area (TPSA) is 35.2 Å². The van der Waals surface area contributed by atoms with Gasteiger partial charge in [-0.05, 0) is 17.7 Å². The molecule has 1 atom stereocenters. The van der Waals surface area contributed by atoms with E-state index in [-0.39, 0.29) is 6.54 Å². The van der Waals surface area contributed by atoms with Crippen molar-refractivity contribution < 1.29 is 22.3 Å². The van der Waals surface area contributed by atoms with E-state index in [2.05, 4.69) is 0 Å². The standard InChI is InChI=1S/C11H12ClF4NO/c12-8-3-1-7(2-4-8)9(5-17)18-6-11(15,16)10(13)14/h1-4,9-10H,5-6,17H2. The molecule has 7 heteroatoms. The monoisotopic (exact) mass is 285 g/mol. The van der Waals surface area contributed by atoms with E-state index in [1.165, 1.54) is 12.1 Å². The van der Waals surface area contributed by atoms with E-state index < -0.39 is 25.1 Å². The number of hydrogen-bond acceptors (Lipinski definition) is 2. The first-order valence-electron chi connectivity index (χ1n) is 5.10. The lowest BCUT2D eigenvalue weighted by atomic mass is 10.1. The van der Waals surface area contributed by atoms with E-state index in [0.717, 1.165) is 0 Å². The van der Waals surface area contributed by atoms with Crippen molar-refractivity contribution in [3.05, 3.63) is 34.9 Å². The van der Waals surface area contributed by atoms with Gasteiger partial charge in [0, 0.05) is 11.6 Å². The largest absolute Gasteiger partial charge is 0.366 e. The molecule has 0 aromatic heterocycles. The predicted octanol–water partition coefficient (Wildman–Crippen LogP) is 3.26. The molecule has 0 saturated carbocycles. The van der Waals surface area contributed by atoms with Gasteiger partial charge in [0.1, 0.15) is 6.61 Å². The highest BCUT2D eigenvalue weighted by molar-refractivity contribution is 6.30. The third-order valence-corrected chi connectivity index (χ3v) is 2.50. The van der Waals surface area contributed by atoms with Crippen molar-refractivity contribution in [1.82, 2.24) is 0 Å². The molecule has 102 valence electrons. The van der Waals surface area contributed by atoms with Crippen LogP contribution in [0.4, 0.5) is 17.6 Å². The number of benzene rings is 1. The molecule has 0 amide bonds. The summed E-state index contributed by atoms with van der Waals surface area (Å²) in [5.41, 5.74) is 5.86. The van der Waals surface area contributed by atoms with E-state index in [1.54, 1.807) is 12.1 Å². The Labute approximate surface area is 107 Å². The Kier molecular flexibility index (Phi) is 5.37. The molecule has 0 aliphatic heterocycles. The van der Waals surface area contributed by atoms with Crippen molar-refractivity contribution in [3.8, 4) is 0 Å². The summed E-state index contributed by atoms with van der Waals surface area (Å²) < 4.78 is 54.0. The fourth-order valence-corrected chi connectivity index (χ4v) is 1.38. The van der Waals surface area contributed by atoms with Crippen LogP contribution in [0.2, 0.25) is 5.02 Å². The average Bonchev–Trinajstić information content (AvgIpc) is 2.31. The first kappa shape index (κ1) is 15.2. The molecule has 0 bridgehead atoms. The van der Waals surface area contributed by atoms with Crippen LogP contribution in [0.25, 0.3) is 0 Å². The Bertz CT molecular complexity index is 372. The molecule has 1 aromatic carbocycles. The molecule has 18 heavy (non-hydrogen) atoms. The molecule has 2 nitrogen and oxygen atoms in total. The van der Waals surface area contributed by atoms with Crippen LogP contribution < -0.4 is 5.73 Å². The summed E-state index contributed by atoms with van der Waals surface area (Å²) in [4.78, 5) is 0. The van der Waals surface area contributed by atoms with Crippen molar-refractivity contribution in [3.63, 3.8) is 0 Å². The molecule has 1 unspecified atom stereocenters. The minimum absolute atomic E-state index is 0.0963. The molecule has 0 radical (unpaired) electrons. The molecule has 0 aliphatic carbocycles. The number of nitrogens with two attached hydrogens (primary N) is 1. The van der Waals surface area contributed by atoms with Crippen molar-refractivity contribution in [1.29, 1.82) is 0 Å². The molecule has 0 fully saturated rings. The van der Waals surface area contributed by atoms with E-state index >= 15 is 0 Å². The van der Waals surface area contributed by atoms with Crippen LogP contribution >= 0.6 is 11.6 Å². The zero-order valence-electron chi connectivity index (χ0n) is 9.25. The van der Waals surface area contributed by atoms with Crippen molar-refractivity contribution >= 4 is 11.6 Å². The lowest BCUT2D eigenvalue weighted by Crippen LogP contribution is -2.34. The fraction of sp³-hybridized carbons (Fsp3) is 0.455. The second kappa shape index (κ2) is 6.36. The maximum atomic E-state index is 12.7. The highest BCUT2D eigenvalue weighted by Gasteiger charge is 2.41. The maximum Gasteiger partial charge on any atom is 0.330 e. The third kappa shape index (κ3) is 4.12. The second-order valence-corrected chi connectivity index (χ2v) is 4.09. The first-order chi connectivity index (χ1) is 8.36. The zero-order valence-corrected chi connectivity index (χ0v) is 10.0. The summed E-state index contributed by atoms with van der Waals surface area (Å²) >= 11 is 5.66. The zero-order chi connectivity index (χ0) is 13.8. The first-order valence-corrected chi connectivity index (χ1v) is 5.47. The molecule has 0 saturated heterocycles. The van der Waals surface area contributed by atoms with Crippen LogP contribution in [0.15, 0.2) is 24.3 Å². The summed E-state index contributed by atoms with van der Waals surface area (Å²) in [7, 11) is 0. The Balaban J connectivity index is 2.66. The summed E-state index contributed by atoms with van der Waals surface area (Å²) in [6.45, 7) is -1.48. The van der Waals surface area contributed by atoms with Crippen LogP contribution in [-0.2, 0) is 4.74 Å². The van der Waals surface area contributed by atoms with E-state index in [4.69, 9.17) is 22.1 Å². The lowest BCUT2D eigenvalue weighted by Gasteiger charge is -2.21. The van der Waals surface area contributed by atoms with Gasteiger partial charge < -0.3 is 10.5 Å². The van der Waals surface area contributed by atoms with Gasteiger partial charge in [0.15, 0.2) is 0 Å². The quantitative estimate of drug-likeness (QED) is 0.814. The van der Waals surface area contributed by atoms with Crippen LogP contribution in [0.5, 0.6) is 0 Å². The minimum atomic E-state index is -4.18. The van der Waals surface area contributed by atoms with Crippen LogP contribution in [0.1, 0.15) is 11.7 Å². The molecular weight excluding hydrogens is 274 g/mol. The number of ether oxygens (including phenoxy) is 1. The second-order valence-electron chi connectivity index (χ2n) is 3.65. The van der Waals surface area contributed by atoms with E-state index in [9.17, 15) is 17.6 Å². The normalized spacial score (nSPS) is 13.9. The van der Waals surface area contributed by atoms with Gasteiger partial charge in [0.25, 0.3) is 0 Å². The van der Waals surface area contributed by atoms with Gasteiger partial charge in [-0.1, -0.05) is 23.7 Å². The smallest absolute Gasteiger partial charge is 0.330 e. The Morgan fingerprint density at radius 3 is 2.22 bits per heavy atom. The van der Waals surface area contributed by atoms with E-state index in [0.29, 0.717) is 10.6 Å². The molecule has 0 spiro atoms. The van der Waals surface area contributed by atoms with Gasteiger partial charge >= 0.3 is 12.3 Å². The Hall–Kier alpha value is -0.850. The third-order valence-electron chi connectivity index (χ3n) is 2.25. The van der Waals surface area contributed by atoms with Crippen molar-refractivity contribution in [2.24, 2.45) is 5.73 Å². The Morgan fingerprint density at radius 1 is 1.22 bits per heavy atom. The minimum Gasteiger partial charge on any atom is -0.366 e. The molecule has 0 aliphatic rings. The number of halogens is 5. The number of hydrogen-bond donors (Lipinski definition) is 1. The van der Waals surface area contributed by atoms with Gasteiger partial charge in [-0.25, -0.2) is 8.78 Å². The van der Waals surface area contributed by atoms with Crippen LogP contribution in [0, 0.1) is 0 Å². The highest BCUT2D eigenvalue weighted by Crippen LogP contribution is 2.26. The molecule has 1 aromatic rings. The van der Waals surface area contributed by atoms with E-state index in [1.807, 2.05) is 0 Å². The van der Waals surface area contributed by atoms with Gasteiger partial charge in [0.05, 0.1) is 6.10 Å². The average molecular weight is 286 g/mol.